The monoisotopic (exact) mass is 358 g/mol. The highest BCUT2D eigenvalue weighted by molar-refractivity contribution is 6.32. The fourth-order valence-corrected chi connectivity index (χ4v) is 2.64. The molecule has 3 aromatic rings. The van der Waals surface area contributed by atoms with Gasteiger partial charge in [-0.1, -0.05) is 65.7 Å². The first-order valence-corrected chi connectivity index (χ1v) is 8.30. The largest absolute Gasteiger partial charge is 0.487 e. The van der Waals surface area contributed by atoms with E-state index < -0.39 is 0 Å². The molecule has 0 radical (unpaired) electrons. The summed E-state index contributed by atoms with van der Waals surface area (Å²) in [5, 5.41) is 1.21. The molecule has 24 heavy (non-hydrogen) atoms. The summed E-state index contributed by atoms with van der Waals surface area (Å²) in [5.74, 6) is 1.36. The van der Waals surface area contributed by atoms with E-state index in [-0.39, 0.29) is 0 Å². The Bertz CT molecular complexity index is 753. The van der Waals surface area contributed by atoms with Crippen molar-refractivity contribution in [3.8, 4) is 11.5 Å². The molecule has 0 aromatic heterocycles. The molecule has 0 amide bonds. The lowest BCUT2D eigenvalue weighted by molar-refractivity contribution is 0.300. The first kappa shape index (κ1) is 16.7. The van der Waals surface area contributed by atoms with Crippen molar-refractivity contribution >= 4 is 23.2 Å². The smallest absolute Gasteiger partial charge is 0.138 e. The number of hydrogen-bond donors (Lipinski definition) is 0. The van der Waals surface area contributed by atoms with Crippen molar-refractivity contribution in [1.82, 2.24) is 0 Å². The molecule has 122 valence electrons. The average molecular weight is 359 g/mol. The quantitative estimate of drug-likeness (QED) is 0.525. The molecule has 4 heteroatoms. The highest BCUT2D eigenvalue weighted by Crippen LogP contribution is 2.25. The fraction of sp³-hybridized carbons (Fsp3) is 0.100. The molecule has 0 unspecified atom stereocenters. The van der Waals surface area contributed by atoms with Crippen molar-refractivity contribution in [2.75, 3.05) is 0 Å². The Kier molecular flexibility index (Phi) is 5.63. The van der Waals surface area contributed by atoms with Gasteiger partial charge in [0.25, 0.3) is 0 Å². The molecule has 0 atom stereocenters. The molecule has 0 aliphatic carbocycles. The standard InChI is InChI=1S/C20H16Cl2O2/c21-17-8-1-3-10-19(17)23-13-15-6-5-7-16(12-15)14-24-20-11-4-2-9-18(20)22/h1-12H,13-14H2. The molecule has 0 heterocycles. The van der Waals surface area contributed by atoms with Gasteiger partial charge in [0.2, 0.25) is 0 Å². The lowest BCUT2D eigenvalue weighted by atomic mass is 10.1. The van der Waals surface area contributed by atoms with E-state index >= 15 is 0 Å². The molecular weight excluding hydrogens is 343 g/mol. The third-order valence-corrected chi connectivity index (χ3v) is 4.08. The first-order valence-electron chi connectivity index (χ1n) is 7.55. The van der Waals surface area contributed by atoms with Gasteiger partial charge in [-0.05, 0) is 41.5 Å². The highest BCUT2D eigenvalue weighted by Gasteiger charge is 2.03. The molecule has 0 aliphatic heterocycles. The zero-order valence-corrected chi connectivity index (χ0v) is 14.4. The topological polar surface area (TPSA) is 18.5 Å². The van der Waals surface area contributed by atoms with E-state index in [1.165, 1.54) is 0 Å². The Labute approximate surface area is 151 Å². The zero-order chi connectivity index (χ0) is 16.8. The maximum absolute atomic E-state index is 6.10. The molecule has 0 saturated carbocycles. The maximum Gasteiger partial charge on any atom is 0.138 e. The summed E-state index contributed by atoms with van der Waals surface area (Å²) < 4.78 is 11.5. The Hall–Kier alpha value is -2.16. The van der Waals surface area contributed by atoms with Crippen molar-refractivity contribution < 1.29 is 9.47 Å². The van der Waals surface area contributed by atoms with E-state index in [1.54, 1.807) is 0 Å². The Balaban J connectivity index is 1.62. The number of rotatable bonds is 6. The summed E-state index contributed by atoms with van der Waals surface area (Å²) in [6, 6.07) is 22.9. The third-order valence-electron chi connectivity index (χ3n) is 3.45. The SMILES string of the molecule is Clc1ccccc1OCc1cccc(COc2ccccc2Cl)c1. The van der Waals surface area contributed by atoms with Gasteiger partial charge >= 0.3 is 0 Å². The second-order valence-corrected chi connectivity index (χ2v) is 6.07. The molecular formula is C20H16Cl2O2. The lowest BCUT2D eigenvalue weighted by Crippen LogP contribution is -1.99. The molecule has 3 aromatic carbocycles. The highest BCUT2D eigenvalue weighted by atomic mass is 35.5. The van der Waals surface area contributed by atoms with Gasteiger partial charge in [-0.2, -0.15) is 0 Å². The van der Waals surface area contributed by atoms with Crippen LogP contribution in [0.25, 0.3) is 0 Å². The van der Waals surface area contributed by atoms with Gasteiger partial charge in [0.15, 0.2) is 0 Å². The minimum atomic E-state index is 0.448. The predicted octanol–water partition coefficient (Wildman–Crippen LogP) is 6.15. The van der Waals surface area contributed by atoms with Crippen LogP contribution in [-0.4, -0.2) is 0 Å². The molecule has 3 rings (SSSR count). The van der Waals surface area contributed by atoms with E-state index in [0.717, 1.165) is 11.1 Å². The van der Waals surface area contributed by atoms with Crippen LogP contribution in [0.5, 0.6) is 11.5 Å². The van der Waals surface area contributed by atoms with Crippen LogP contribution in [0.2, 0.25) is 10.0 Å². The van der Waals surface area contributed by atoms with Gasteiger partial charge in [-0.15, -0.1) is 0 Å². The Morgan fingerprint density at radius 1 is 0.583 bits per heavy atom. The summed E-state index contributed by atoms with van der Waals surface area (Å²) >= 11 is 12.2. The minimum Gasteiger partial charge on any atom is -0.487 e. The van der Waals surface area contributed by atoms with Gasteiger partial charge in [0.05, 0.1) is 10.0 Å². The molecule has 2 nitrogen and oxygen atoms in total. The van der Waals surface area contributed by atoms with Gasteiger partial charge < -0.3 is 9.47 Å². The van der Waals surface area contributed by atoms with Gasteiger partial charge in [0.1, 0.15) is 24.7 Å². The maximum atomic E-state index is 6.10. The minimum absolute atomic E-state index is 0.448. The second-order valence-electron chi connectivity index (χ2n) is 5.26. The van der Waals surface area contributed by atoms with Crippen molar-refractivity contribution in [3.05, 3.63) is 94.0 Å². The van der Waals surface area contributed by atoms with Crippen LogP contribution in [0.4, 0.5) is 0 Å². The van der Waals surface area contributed by atoms with Crippen LogP contribution in [0.15, 0.2) is 72.8 Å². The second kappa shape index (κ2) is 8.09. The molecule has 0 N–H and O–H groups in total. The van der Waals surface area contributed by atoms with Crippen LogP contribution in [0, 0.1) is 0 Å². The van der Waals surface area contributed by atoms with E-state index in [4.69, 9.17) is 32.7 Å². The third kappa shape index (κ3) is 4.44. The van der Waals surface area contributed by atoms with Crippen LogP contribution >= 0.6 is 23.2 Å². The molecule has 0 aliphatic rings. The van der Waals surface area contributed by atoms with E-state index in [0.29, 0.717) is 34.8 Å². The van der Waals surface area contributed by atoms with Crippen molar-refractivity contribution in [1.29, 1.82) is 0 Å². The first-order chi connectivity index (χ1) is 11.7. The fourth-order valence-electron chi connectivity index (χ4n) is 2.25. The molecule has 0 bridgehead atoms. The molecule has 0 fully saturated rings. The summed E-state index contributed by atoms with van der Waals surface area (Å²) in [4.78, 5) is 0. The van der Waals surface area contributed by atoms with Gasteiger partial charge in [-0.3, -0.25) is 0 Å². The number of halogens is 2. The predicted molar refractivity (Wildman–Crippen MR) is 98.0 cm³/mol. The van der Waals surface area contributed by atoms with Crippen LogP contribution < -0.4 is 9.47 Å². The van der Waals surface area contributed by atoms with E-state index in [9.17, 15) is 0 Å². The van der Waals surface area contributed by atoms with E-state index in [1.807, 2.05) is 72.8 Å². The Morgan fingerprint density at radius 2 is 1.04 bits per heavy atom. The zero-order valence-electron chi connectivity index (χ0n) is 12.9. The summed E-state index contributed by atoms with van der Waals surface area (Å²) in [6.07, 6.45) is 0. The lowest BCUT2D eigenvalue weighted by Gasteiger charge is -2.10. The number of ether oxygens (including phenoxy) is 2. The number of benzene rings is 3. The molecule has 0 spiro atoms. The van der Waals surface area contributed by atoms with Gasteiger partial charge in [0, 0.05) is 0 Å². The van der Waals surface area contributed by atoms with Crippen LogP contribution in [0.3, 0.4) is 0 Å². The average Bonchev–Trinajstić information content (AvgIpc) is 2.61. The summed E-state index contributed by atoms with van der Waals surface area (Å²) in [7, 11) is 0. The van der Waals surface area contributed by atoms with E-state index in [2.05, 4.69) is 0 Å². The molecule has 0 saturated heterocycles. The van der Waals surface area contributed by atoms with Crippen molar-refractivity contribution in [2.45, 2.75) is 13.2 Å². The Morgan fingerprint density at radius 3 is 1.50 bits per heavy atom. The normalized spacial score (nSPS) is 10.4. The van der Waals surface area contributed by atoms with Crippen LogP contribution in [0.1, 0.15) is 11.1 Å². The van der Waals surface area contributed by atoms with Crippen molar-refractivity contribution in [3.63, 3.8) is 0 Å². The summed E-state index contributed by atoms with van der Waals surface area (Å²) in [5.41, 5.74) is 2.10. The van der Waals surface area contributed by atoms with Gasteiger partial charge in [-0.25, -0.2) is 0 Å². The number of hydrogen-bond acceptors (Lipinski definition) is 2. The summed E-state index contributed by atoms with van der Waals surface area (Å²) in [6.45, 7) is 0.896. The van der Waals surface area contributed by atoms with Crippen LogP contribution in [-0.2, 0) is 13.2 Å². The van der Waals surface area contributed by atoms with Crippen molar-refractivity contribution in [2.24, 2.45) is 0 Å². The number of para-hydroxylation sites is 2.